The standard InChI is InChI=1S/C23H28N2O7S/c1-16-7-8-18(13-21(16)33(28,29)25-9-5-4-6-10-25)24-22(26)15-32-23(27)17-11-19(30-2)14-20(12-17)31-3/h7-8,11-14H,4-6,9-10,15H2,1-3H3,(H,24,26). The average Bonchev–Trinajstić information content (AvgIpc) is 2.83. The zero-order valence-electron chi connectivity index (χ0n) is 18.9. The lowest BCUT2D eigenvalue weighted by atomic mass is 10.2. The van der Waals surface area contributed by atoms with E-state index in [9.17, 15) is 18.0 Å². The maximum absolute atomic E-state index is 13.0. The van der Waals surface area contributed by atoms with Crippen molar-refractivity contribution in [3.05, 3.63) is 47.5 Å². The van der Waals surface area contributed by atoms with E-state index in [-0.39, 0.29) is 10.5 Å². The van der Waals surface area contributed by atoms with Gasteiger partial charge in [-0.1, -0.05) is 12.5 Å². The summed E-state index contributed by atoms with van der Waals surface area (Å²) in [5.41, 5.74) is 1.07. The zero-order valence-corrected chi connectivity index (χ0v) is 19.7. The van der Waals surface area contributed by atoms with Crippen LogP contribution in [0.2, 0.25) is 0 Å². The van der Waals surface area contributed by atoms with E-state index in [1.54, 1.807) is 25.1 Å². The van der Waals surface area contributed by atoms with E-state index in [1.807, 2.05) is 0 Å². The summed E-state index contributed by atoms with van der Waals surface area (Å²) in [5, 5.41) is 2.59. The van der Waals surface area contributed by atoms with Gasteiger partial charge in [-0.2, -0.15) is 4.31 Å². The fourth-order valence-corrected chi connectivity index (χ4v) is 5.30. The number of methoxy groups -OCH3 is 2. The molecule has 10 heteroatoms. The number of aryl methyl sites for hydroxylation is 1. The lowest BCUT2D eigenvalue weighted by Crippen LogP contribution is -2.36. The number of hydrogen-bond acceptors (Lipinski definition) is 7. The molecule has 0 radical (unpaired) electrons. The number of piperidine rings is 1. The molecular weight excluding hydrogens is 448 g/mol. The van der Waals surface area contributed by atoms with E-state index in [2.05, 4.69) is 5.32 Å². The molecule has 1 heterocycles. The summed E-state index contributed by atoms with van der Waals surface area (Å²) in [5.74, 6) is -0.497. The summed E-state index contributed by atoms with van der Waals surface area (Å²) in [4.78, 5) is 24.8. The summed E-state index contributed by atoms with van der Waals surface area (Å²) < 4.78 is 42.9. The van der Waals surface area contributed by atoms with Crippen molar-refractivity contribution >= 4 is 27.6 Å². The van der Waals surface area contributed by atoms with Crippen LogP contribution in [0.3, 0.4) is 0 Å². The highest BCUT2D eigenvalue weighted by Gasteiger charge is 2.27. The second-order valence-electron chi connectivity index (χ2n) is 7.67. The molecule has 178 valence electrons. The average molecular weight is 477 g/mol. The normalized spacial score (nSPS) is 14.4. The lowest BCUT2D eigenvalue weighted by Gasteiger charge is -2.26. The van der Waals surface area contributed by atoms with E-state index in [4.69, 9.17) is 14.2 Å². The van der Waals surface area contributed by atoms with Crippen molar-refractivity contribution in [3.8, 4) is 11.5 Å². The van der Waals surface area contributed by atoms with Crippen LogP contribution in [0.1, 0.15) is 35.2 Å². The first-order chi connectivity index (χ1) is 15.7. The van der Waals surface area contributed by atoms with Crippen molar-refractivity contribution in [1.29, 1.82) is 0 Å². The van der Waals surface area contributed by atoms with Crippen molar-refractivity contribution in [3.63, 3.8) is 0 Å². The molecule has 0 atom stereocenters. The third-order valence-electron chi connectivity index (χ3n) is 5.33. The van der Waals surface area contributed by atoms with Gasteiger partial charge in [0.2, 0.25) is 10.0 Å². The van der Waals surface area contributed by atoms with Crippen LogP contribution in [-0.4, -0.2) is 58.5 Å². The number of benzene rings is 2. The van der Waals surface area contributed by atoms with Gasteiger partial charge < -0.3 is 19.5 Å². The molecule has 1 fully saturated rings. The molecule has 0 bridgehead atoms. The Morgan fingerprint density at radius 1 is 0.970 bits per heavy atom. The molecule has 0 spiro atoms. The number of sulfonamides is 1. The summed E-state index contributed by atoms with van der Waals surface area (Å²) in [6, 6.07) is 9.24. The van der Waals surface area contributed by atoms with Gasteiger partial charge in [0.1, 0.15) is 11.5 Å². The third-order valence-corrected chi connectivity index (χ3v) is 7.37. The van der Waals surface area contributed by atoms with Crippen LogP contribution < -0.4 is 14.8 Å². The van der Waals surface area contributed by atoms with Crippen molar-refractivity contribution in [1.82, 2.24) is 4.31 Å². The summed E-state index contributed by atoms with van der Waals surface area (Å²) in [6.45, 7) is 2.15. The number of rotatable bonds is 8. The van der Waals surface area contributed by atoms with E-state index < -0.39 is 28.5 Å². The first kappa shape index (κ1) is 24.5. The number of carbonyl (C=O) groups is 2. The number of ether oxygens (including phenoxy) is 3. The number of esters is 1. The van der Waals surface area contributed by atoms with E-state index in [0.717, 1.165) is 19.3 Å². The molecule has 3 rings (SSSR count). The largest absolute Gasteiger partial charge is 0.497 e. The quantitative estimate of drug-likeness (QED) is 0.583. The molecule has 0 saturated carbocycles. The minimum atomic E-state index is -3.65. The predicted octanol–water partition coefficient (Wildman–Crippen LogP) is 2.98. The molecule has 0 aromatic heterocycles. The third kappa shape index (κ3) is 6.02. The molecule has 2 aromatic carbocycles. The monoisotopic (exact) mass is 476 g/mol. The Balaban J connectivity index is 1.66. The summed E-state index contributed by atoms with van der Waals surface area (Å²) in [6.07, 6.45) is 2.68. The minimum absolute atomic E-state index is 0.155. The van der Waals surface area contributed by atoms with E-state index >= 15 is 0 Å². The molecule has 1 N–H and O–H groups in total. The second-order valence-corrected chi connectivity index (χ2v) is 9.58. The van der Waals surface area contributed by atoms with Crippen molar-refractivity contribution < 1.29 is 32.2 Å². The first-order valence-electron chi connectivity index (χ1n) is 10.6. The van der Waals surface area contributed by atoms with Gasteiger partial charge in [-0.25, -0.2) is 13.2 Å². The van der Waals surface area contributed by atoms with Gasteiger partial charge in [0.05, 0.1) is 24.7 Å². The maximum Gasteiger partial charge on any atom is 0.338 e. The van der Waals surface area contributed by atoms with Crippen molar-refractivity contribution in [2.24, 2.45) is 0 Å². The molecule has 0 aliphatic carbocycles. The topological polar surface area (TPSA) is 111 Å². The van der Waals surface area contributed by atoms with Crippen LogP contribution in [0.4, 0.5) is 5.69 Å². The number of amides is 1. The fourth-order valence-electron chi connectivity index (χ4n) is 3.54. The lowest BCUT2D eigenvalue weighted by molar-refractivity contribution is -0.119. The van der Waals surface area contributed by atoms with Crippen LogP contribution in [0.25, 0.3) is 0 Å². The molecule has 1 aliphatic rings. The molecule has 0 unspecified atom stereocenters. The number of anilines is 1. The van der Waals surface area contributed by atoms with Crippen LogP contribution >= 0.6 is 0 Å². The minimum Gasteiger partial charge on any atom is -0.497 e. The van der Waals surface area contributed by atoms with Gasteiger partial charge in [0.25, 0.3) is 5.91 Å². The van der Waals surface area contributed by atoms with Crippen LogP contribution in [0, 0.1) is 6.92 Å². The molecule has 1 aliphatic heterocycles. The Morgan fingerprint density at radius 2 is 1.61 bits per heavy atom. The Labute approximate surface area is 193 Å². The van der Waals surface area contributed by atoms with Crippen molar-refractivity contribution in [2.75, 3.05) is 39.2 Å². The zero-order chi connectivity index (χ0) is 24.0. The smallest absolute Gasteiger partial charge is 0.338 e. The Kier molecular flexibility index (Phi) is 7.93. The molecule has 1 saturated heterocycles. The predicted molar refractivity (Wildman–Crippen MR) is 122 cm³/mol. The highest BCUT2D eigenvalue weighted by atomic mass is 32.2. The summed E-state index contributed by atoms with van der Waals surface area (Å²) in [7, 11) is -0.739. The van der Waals surface area contributed by atoms with Crippen LogP contribution in [-0.2, 0) is 19.6 Å². The van der Waals surface area contributed by atoms with Gasteiger partial charge in [-0.05, 0) is 49.6 Å². The van der Waals surface area contributed by atoms with Crippen LogP contribution in [0.15, 0.2) is 41.3 Å². The number of hydrogen-bond donors (Lipinski definition) is 1. The molecule has 9 nitrogen and oxygen atoms in total. The molecule has 1 amide bonds. The first-order valence-corrected chi connectivity index (χ1v) is 12.0. The number of carbonyl (C=O) groups excluding carboxylic acids is 2. The number of nitrogens with one attached hydrogen (secondary N) is 1. The highest BCUT2D eigenvalue weighted by molar-refractivity contribution is 7.89. The van der Waals surface area contributed by atoms with E-state index in [0.29, 0.717) is 35.8 Å². The van der Waals surface area contributed by atoms with Gasteiger partial charge in [0, 0.05) is 24.8 Å². The summed E-state index contributed by atoms with van der Waals surface area (Å²) >= 11 is 0. The second kappa shape index (κ2) is 10.7. The van der Waals surface area contributed by atoms with Gasteiger partial charge in [-0.15, -0.1) is 0 Å². The van der Waals surface area contributed by atoms with Crippen LogP contribution in [0.5, 0.6) is 11.5 Å². The Hall–Kier alpha value is -3.11. The maximum atomic E-state index is 13.0. The van der Waals surface area contributed by atoms with Gasteiger partial charge >= 0.3 is 5.97 Å². The molecular formula is C23H28N2O7S. The van der Waals surface area contributed by atoms with Crippen molar-refractivity contribution in [2.45, 2.75) is 31.1 Å². The Morgan fingerprint density at radius 3 is 2.21 bits per heavy atom. The highest BCUT2D eigenvalue weighted by Crippen LogP contribution is 2.26. The number of nitrogens with zero attached hydrogens (tertiary/aromatic N) is 1. The molecule has 33 heavy (non-hydrogen) atoms. The van der Waals surface area contributed by atoms with Gasteiger partial charge in [0.15, 0.2) is 6.61 Å². The SMILES string of the molecule is COc1cc(OC)cc(C(=O)OCC(=O)Nc2ccc(C)c(S(=O)(=O)N3CCCCC3)c2)c1. The van der Waals surface area contributed by atoms with E-state index in [1.165, 1.54) is 36.7 Å². The fraction of sp³-hybridized carbons (Fsp3) is 0.391. The van der Waals surface area contributed by atoms with Gasteiger partial charge in [-0.3, -0.25) is 4.79 Å². The Bertz CT molecular complexity index is 1100. The molecule has 2 aromatic rings.